The molecule has 0 saturated heterocycles. The Labute approximate surface area is 181 Å². The summed E-state index contributed by atoms with van der Waals surface area (Å²) in [5.41, 5.74) is 0.601. The van der Waals surface area contributed by atoms with Gasteiger partial charge in [-0.1, -0.05) is 6.07 Å². The Morgan fingerprint density at radius 3 is 2.12 bits per heavy atom. The Bertz CT molecular complexity index is 1090. The van der Waals surface area contributed by atoms with Crippen molar-refractivity contribution in [1.82, 2.24) is 9.97 Å². The monoisotopic (exact) mass is 435 g/mol. The molecule has 0 amide bonds. The lowest BCUT2D eigenvalue weighted by atomic mass is 10.3. The average molecular weight is 435 g/mol. The number of nitrogens with zero attached hydrogens (tertiary/aromatic N) is 9. The summed E-state index contributed by atoms with van der Waals surface area (Å²) in [6, 6.07) is 13.5. The number of azo groups is 2. The van der Waals surface area contributed by atoms with Crippen molar-refractivity contribution >= 4 is 28.7 Å². The zero-order chi connectivity index (χ0) is 23.1. The summed E-state index contributed by atoms with van der Waals surface area (Å²) in [5, 5.41) is 38.0. The van der Waals surface area contributed by atoms with Crippen molar-refractivity contribution < 1.29 is 9.85 Å². The highest BCUT2D eigenvalue weighted by molar-refractivity contribution is 5.43. The molecule has 1 unspecified atom stereocenters. The van der Waals surface area contributed by atoms with Crippen molar-refractivity contribution in [2.75, 3.05) is 19.0 Å². The molecule has 0 aliphatic heterocycles. The number of nitro groups is 2. The molecule has 3 aromatic rings. The van der Waals surface area contributed by atoms with Crippen LogP contribution >= 0.6 is 0 Å². The molecule has 0 bridgehead atoms. The van der Waals surface area contributed by atoms with E-state index in [2.05, 4.69) is 30.4 Å². The van der Waals surface area contributed by atoms with E-state index in [0.717, 1.165) is 6.20 Å². The van der Waals surface area contributed by atoms with Gasteiger partial charge in [0.05, 0.1) is 21.2 Å². The van der Waals surface area contributed by atoms with E-state index >= 15 is 0 Å². The van der Waals surface area contributed by atoms with Crippen LogP contribution in [-0.2, 0) is 0 Å². The summed E-state index contributed by atoms with van der Waals surface area (Å²) in [5.74, 6) is 0.816. The molecule has 0 fully saturated rings. The third-order valence-corrected chi connectivity index (χ3v) is 4.03. The normalized spacial score (nSPS) is 12.2. The van der Waals surface area contributed by atoms with Gasteiger partial charge in [0, 0.05) is 32.3 Å². The van der Waals surface area contributed by atoms with Crippen LogP contribution in [0.4, 0.5) is 28.7 Å². The number of anilines is 1. The van der Waals surface area contributed by atoms with Gasteiger partial charge in [-0.15, -0.1) is 5.11 Å². The fraction of sp³-hybridized carbons (Fsp3) is 0.158. The van der Waals surface area contributed by atoms with Gasteiger partial charge in [-0.05, 0) is 30.3 Å². The number of hydrogen-bond donors (Lipinski definition) is 0. The van der Waals surface area contributed by atoms with Gasteiger partial charge in [0.25, 0.3) is 11.4 Å². The average Bonchev–Trinajstić information content (AvgIpc) is 2.79. The third-order valence-electron chi connectivity index (χ3n) is 4.03. The third kappa shape index (κ3) is 5.69. The second-order valence-corrected chi connectivity index (χ2v) is 6.52. The van der Waals surface area contributed by atoms with Crippen LogP contribution in [0, 0.1) is 20.2 Å². The number of pyridine rings is 2. The first-order chi connectivity index (χ1) is 15.3. The van der Waals surface area contributed by atoms with Crippen LogP contribution in [0.3, 0.4) is 0 Å². The summed E-state index contributed by atoms with van der Waals surface area (Å²) >= 11 is 0. The second kappa shape index (κ2) is 9.88. The Balaban J connectivity index is 1.90. The number of aromatic nitrogens is 2. The fourth-order valence-corrected chi connectivity index (χ4v) is 2.40. The molecule has 1 atom stereocenters. The molecule has 13 nitrogen and oxygen atoms in total. The first kappa shape index (κ1) is 22.0. The number of hydrogen-bond acceptors (Lipinski definition) is 11. The fourth-order valence-electron chi connectivity index (χ4n) is 2.40. The zero-order valence-electron chi connectivity index (χ0n) is 17.0. The van der Waals surface area contributed by atoms with Gasteiger partial charge in [-0.2, -0.15) is 15.3 Å². The SMILES string of the molecule is CN(C)c1cccc(C(N=Nc2ccc([N+](=O)[O-])cc2)N=Nc2ccc([N+](=O)[O-])cn2)n1. The van der Waals surface area contributed by atoms with E-state index in [-0.39, 0.29) is 17.2 Å². The smallest absolute Gasteiger partial charge is 0.287 e. The molecule has 2 heterocycles. The predicted molar refractivity (Wildman–Crippen MR) is 114 cm³/mol. The minimum Gasteiger partial charge on any atom is -0.363 e. The van der Waals surface area contributed by atoms with Gasteiger partial charge in [0.2, 0.25) is 6.17 Å². The van der Waals surface area contributed by atoms with Crippen molar-refractivity contribution in [1.29, 1.82) is 0 Å². The van der Waals surface area contributed by atoms with E-state index in [1.165, 1.54) is 36.4 Å². The molecule has 0 aliphatic rings. The molecular formula is C19H17N9O4. The zero-order valence-corrected chi connectivity index (χ0v) is 17.0. The summed E-state index contributed by atoms with van der Waals surface area (Å²) in [6.07, 6.45) is 0.134. The highest BCUT2D eigenvalue weighted by Gasteiger charge is 2.13. The Morgan fingerprint density at radius 2 is 1.53 bits per heavy atom. The lowest BCUT2D eigenvalue weighted by Crippen LogP contribution is -2.11. The highest BCUT2D eigenvalue weighted by atomic mass is 16.6. The molecule has 0 N–H and O–H groups in total. The maximum atomic E-state index is 10.8. The van der Waals surface area contributed by atoms with Crippen LogP contribution in [0.2, 0.25) is 0 Å². The quantitative estimate of drug-likeness (QED) is 0.275. The van der Waals surface area contributed by atoms with E-state index in [1.807, 2.05) is 25.1 Å². The van der Waals surface area contributed by atoms with Crippen LogP contribution in [0.5, 0.6) is 0 Å². The van der Waals surface area contributed by atoms with Crippen LogP contribution < -0.4 is 4.90 Å². The van der Waals surface area contributed by atoms with Crippen LogP contribution in [0.15, 0.2) is 81.3 Å². The molecule has 0 spiro atoms. The first-order valence-electron chi connectivity index (χ1n) is 9.14. The van der Waals surface area contributed by atoms with Gasteiger partial charge in [0.15, 0.2) is 5.82 Å². The molecule has 0 aliphatic carbocycles. The lowest BCUT2D eigenvalue weighted by Gasteiger charge is -2.13. The van der Waals surface area contributed by atoms with Gasteiger partial charge in [-0.25, -0.2) is 9.97 Å². The standard InChI is InChI=1S/C19H17N9O4/c1-26(2)18-5-3-4-16(21-18)19(24-22-13-6-8-14(9-7-13)27(29)30)25-23-17-11-10-15(12-20-17)28(31)32/h3-12,19H,1-2H3. The predicted octanol–water partition coefficient (Wildman–Crippen LogP) is 4.93. The van der Waals surface area contributed by atoms with E-state index in [9.17, 15) is 20.2 Å². The Morgan fingerprint density at radius 1 is 0.875 bits per heavy atom. The second-order valence-electron chi connectivity index (χ2n) is 6.52. The van der Waals surface area contributed by atoms with Gasteiger partial charge in [-0.3, -0.25) is 20.2 Å². The van der Waals surface area contributed by atoms with Crippen molar-refractivity contribution in [2.24, 2.45) is 20.5 Å². The van der Waals surface area contributed by atoms with E-state index < -0.39 is 16.0 Å². The van der Waals surface area contributed by atoms with Crippen molar-refractivity contribution in [2.45, 2.75) is 6.17 Å². The van der Waals surface area contributed by atoms with E-state index in [0.29, 0.717) is 17.2 Å². The topological polar surface area (TPSA) is 165 Å². The summed E-state index contributed by atoms with van der Waals surface area (Å²) < 4.78 is 0. The minimum atomic E-state index is -0.943. The van der Waals surface area contributed by atoms with Crippen LogP contribution in [0.25, 0.3) is 0 Å². The number of non-ortho nitro benzene ring substituents is 1. The first-order valence-corrected chi connectivity index (χ1v) is 9.14. The Kier molecular flexibility index (Phi) is 6.80. The van der Waals surface area contributed by atoms with Crippen molar-refractivity contribution in [3.8, 4) is 0 Å². The summed E-state index contributed by atoms with van der Waals surface area (Å²) in [4.78, 5) is 30.7. The highest BCUT2D eigenvalue weighted by Crippen LogP contribution is 2.26. The summed E-state index contributed by atoms with van der Waals surface area (Å²) in [6.45, 7) is 0. The van der Waals surface area contributed by atoms with Crippen molar-refractivity contribution in [3.05, 3.63) is 86.7 Å². The molecule has 162 valence electrons. The molecule has 32 heavy (non-hydrogen) atoms. The van der Waals surface area contributed by atoms with Crippen LogP contribution in [0.1, 0.15) is 11.9 Å². The van der Waals surface area contributed by atoms with Gasteiger partial charge < -0.3 is 4.90 Å². The van der Waals surface area contributed by atoms with Gasteiger partial charge >= 0.3 is 0 Å². The molecule has 0 radical (unpaired) electrons. The largest absolute Gasteiger partial charge is 0.363 e. The van der Waals surface area contributed by atoms with Crippen molar-refractivity contribution in [3.63, 3.8) is 0 Å². The van der Waals surface area contributed by atoms with Crippen LogP contribution in [-0.4, -0.2) is 33.9 Å². The lowest BCUT2D eigenvalue weighted by molar-refractivity contribution is -0.385. The molecule has 3 rings (SSSR count). The van der Waals surface area contributed by atoms with E-state index in [4.69, 9.17) is 0 Å². The van der Waals surface area contributed by atoms with Gasteiger partial charge in [0.1, 0.15) is 12.0 Å². The molecule has 0 saturated carbocycles. The maximum Gasteiger partial charge on any atom is 0.287 e. The number of benzene rings is 1. The molecule has 2 aromatic heterocycles. The summed E-state index contributed by atoms with van der Waals surface area (Å²) in [7, 11) is 3.67. The minimum absolute atomic E-state index is 0.0650. The molecule has 13 heteroatoms. The Hall–Kier alpha value is -4.68. The number of rotatable bonds is 8. The maximum absolute atomic E-state index is 10.8. The number of nitro benzene ring substituents is 1. The molecular weight excluding hydrogens is 418 g/mol. The van der Waals surface area contributed by atoms with E-state index in [1.54, 1.807) is 12.1 Å². The molecule has 1 aromatic carbocycles.